The van der Waals surface area contributed by atoms with Gasteiger partial charge in [-0.3, -0.25) is 14.7 Å². The molecule has 0 spiro atoms. The van der Waals surface area contributed by atoms with Crippen molar-refractivity contribution in [2.75, 3.05) is 11.0 Å². The second-order valence-electron chi connectivity index (χ2n) is 5.74. The Labute approximate surface area is 146 Å². The number of aromatic nitrogens is 4. The van der Waals surface area contributed by atoms with Gasteiger partial charge in [0, 0.05) is 23.7 Å². The van der Waals surface area contributed by atoms with E-state index in [1.165, 1.54) is 6.20 Å². The molecule has 3 aromatic rings. The first-order chi connectivity index (χ1) is 11.9. The monoisotopic (exact) mass is 357 g/mol. The second-order valence-corrected chi connectivity index (χ2v) is 7.48. The third-order valence-corrected chi connectivity index (χ3v) is 4.12. The molecule has 0 aromatic carbocycles. The summed E-state index contributed by atoms with van der Waals surface area (Å²) in [5.74, 6) is 0. The van der Waals surface area contributed by atoms with Gasteiger partial charge in [-0.1, -0.05) is 13.3 Å². The van der Waals surface area contributed by atoms with Crippen LogP contribution in [0.2, 0.25) is 0 Å². The molecular formula is C17H19N5O2S. The van der Waals surface area contributed by atoms with Gasteiger partial charge in [0.2, 0.25) is 10.0 Å². The highest BCUT2D eigenvalue weighted by atomic mass is 32.2. The summed E-state index contributed by atoms with van der Waals surface area (Å²) in [4.78, 5) is 8.64. The summed E-state index contributed by atoms with van der Waals surface area (Å²) in [6.07, 6.45) is 9.96. The van der Waals surface area contributed by atoms with Crippen LogP contribution in [0.4, 0.5) is 5.69 Å². The summed E-state index contributed by atoms with van der Waals surface area (Å²) < 4.78 is 26.6. The highest BCUT2D eigenvalue weighted by molar-refractivity contribution is 7.92. The molecule has 0 radical (unpaired) electrons. The molecule has 25 heavy (non-hydrogen) atoms. The molecule has 0 aliphatic rings. The maximum Gasteiger partial charge on any atom is 0.229 e. The molecule has 0 atom stereocenters. The van der Waals surface area contributed by atoms with Crippen molar-refractivity contribution in [3.63, 3.8) is 0 Å². The summed E-state index contributed by atoms with van der Waals surface area (Å²) >= 11 is 0. The number of sulfonamides is 1. The first-order valence-electron chi connectivity index (χ1n) is 7.89. The molecule has 8 heteroatoms. The van der Waals surface area contributed by atoms with Crippen molar-refractivity contribution in [3.8, 4) is 16.9 Å². The average molecular weight is 357 g/mol. The Hall–Kier alpha value is -2.74. The van der Waals surface area contributed by atoms with Crippen LogP contribution in [-0.4, -0.2) is 34.4 Å². The largest absolute Gasteiger partial charge is 0.282 e. The fourth-order valence-corrected chi connectivity index (χ4v) is 2.99. The van der Waals surface area contributed by atoms with E-state index in [9.17, 15) is 8.42 Å². The minimum absolute atomic E-state index is 0.428. The number of nitrogens with one attached hydrogen (secondary N) is 1. The zero-order valence-corrected chi connectivity index (χ0v) is 14.9. The average Bonchev–Trinajstić information content (AvgIpc) is 3.05. The maximum absolute atomic E-state index is 11.2. The number of rotatable bonds is 6. The Bertz CT molecular complexity index is 965. The SMILES string of the molecule is CCCc1cc(-n2cc(-c3ccc(NS(C)(=O)=O)cn3)cn2)ccn1. The zero-order chi connectivity index (χ0) is 17.9. The predicted molar refractivity (Wildman–Crippen MR) is 97.1 cm³/mol. The molecule has 0 aliphatic heterocycles. The van der Waals surface area contributed by atoms with Crippen LogP contribution in [0.5, 0.6) is 0 Å². The number of hydrogen-bond acceptors (Lipinski definition) is 5. The van der Waals surface area contributed by atoms with Gasteiger partial charge < -0.3 is 0 Å². The van der Waals surface area contributed by atoms with Crippen LogP contribution in [0.1, 0.15) is 19.0 Å². The topological polar surface area (TPSA) is 89.8 Å². The van der Waals surface area contributed by atoms with Crippen molar-refractivity contribution >= 4 is 15.7 Å². The summed E-state index contributed by atoms with van der Waals surface area (Å²) in [5, 5.41) is 4.38. The van der Waals surface area contributed by atoms with Crippen LogP contribution in [0.15, 0.2) is 49.1 Å². The van der Waals surface area contributed by atoms with Gasteiger partial charge in [0.15, 0.2) is 0 Å². The molecule has 0 aliphatic carbocycles. The molecule has 0 saturated heterocycles. The molecule has 130 valence electrons. The van der Waals surface area contributed by atoms with Gasteiger partial charge in [0.05, 0.1) is 35.7 Å². The quantitative estimate of drug-likeness (QED) is 0.732. The van der Waals surface area contributed by atoms with E-state index >= 15 is 0 Å². The molecule has 3 rings (SSSR count). The van der Waals surface area contributed by atoms with E-state index in [2.05, 4.69) is 26.7 Å². The van der Waals surface area contributed by atoms with Crippen LogP contribution in [-0.2, 0) is 16.4 Å². The first kappa shape index (κ1) is 17.1. The summed E-state index contributed by atoms with van der Waals surface area (Å²) in [5.41, 5.74) is 3.97. The van der Waals surface area contributed by atoms with Crippen molar-refractivity contribution in [1.29, 1.82) is 0 Å². The van der Waals surface area contributed by atoms with Crippen LogP contribution in [0, 0.1) is 0 Å². The molecule has 0 fully saturated rings. The number of nitrogens with zero attached hydrogens (tertiary/aromatic N) is 4. The van der Waals surface area contributed by atoms with Crippen LogP contribution in [0.25, 0.3) is 16.9 Å². The van der Waals surface area contributed by atoms with Gasteiger partial charge in [-0.25, -0.2) is 13.1 Å². The lowest BCUT2D eigenvalue weighted by Crippen LogP contribution is -2.09. The van der Waals surface area contributed by atoms with Crippen LogP contribution in [0.3, 0.4) is 0 Å². The molecule has 0 amide bonds. The Morgan fingerprint density at radius 1 is 1.16 bits per heavy atom. The van der Waals surface area contributed by atoms with Crippen molar-refractivity contribution in [3.05, 3.63) is 54.7 Å². The highest BCUT2D eigenvalue weighted by Gasteiger charge is 2.07. The predicted octanol–water partition coefficient (Wildman–Crippen LogP) is 2.65. The van der Waals surface area contributed by atoms with Gasteiger partial charge in [-0.2, -0.15) is 5.10 Å². The number of hydrogen-bond donors (Lipinski definition) is 1. The van der Waals surface area contributed by atoms with Crippen molar-refractivity contribution in [1.82, 2.24) is 19.7 Å². The summed E-state index contributed by atoms with van der Waals surface area (Å²) in [6, 6.07) is 7.35. The standard InChI is InChI=1S/C17H19N5O2S/c1-3-4-14-9-16(7-8-18-14)22-12-13(10-20-22)17-6-5-15(11-19-17)21-25(2,23)24/h5-12,21H,3-4H2,1-2H3. The molecule has 3 aromatic heterocycles. The third-order valence-electron chi connectivity index (χ3n) is 3.52. The van der Waals surface area contributed by atoms with Gasteiger partial charge in [0.25, 0.3) is 0 Å². The smallest absolute Gasteiger partial charge is 0.229 e. The molecule has 1 N–H and O–H groups in total. The number of aryl methyl sites for hydroxylation is 1. The second kappa shape index (κ2) is 7.02. The van der Waals surface area contributed by atoms with Gasteiger partial charge in [0.1, 0.15) is 0 Å². The fourth-order valence-electron chi connectivity index (χ4n) is 2.44. The van der Waals surface area contributed by atoms with E-state index < -0.39 is 10.0 Å². The van der Waals surface area contributed by atoms with E-state index in [0.717, 1.165) is 36.0 Å². The van der Waals surface area contributed by atoms with Gasteiger partial charge in [-0.15, -0.1) is 0 Å². The zero-order valence-electron chi connectivity index (χ0n) is 14.0. The van der Waals surface area contributed by atoms with Crippen molar-refractivity contribution < 1.29 is 8.42 Å². The lowest BCUT2D eigenvalue weighted by molar-refractivity contribution is 0.607. The summed E-state index contributed by atoms with van der Waals surface area (Å²) in [7, 11) is -3.31. The highest BCUT2D eigenvalue weighted by Crippen LogP contribution is 2.20. The Morgan fingerprint density at radius 3 is 2.68 bits per heavy atom. The Balaban J connectivity index is 1.83. The fraction of sp³-hybridized carbons (Fsp3) is 0.235. The minimum atomic E-state index is -3.31. The molecule has 7 nitrogen and oxygen atoms in total. The number of pyridine rings is 2. The first-order valence-corrected chi connectivity index (χ1v) is 9.78. The van der Waals surface area contributed by atoms with E-state index in [1.54, 1.807) is 29.2 Å². The van der Waals surface area contributed by atoms with E-state index in [1.807, 2.05) is 18.3 Å². The van der Waals surface area contributed by atoms with E-state index in [4.69, 9.17) is 0 Å². The minimum Gasteiger partial charge on any atom is -0.282 e. The lowest BCUT2D eigenvalue weighted by atomic mass is 10.2. The maximum atomic E-state index is 11.2. The van der Waals surface area contributed by atoms with Gasteiger partial charge >= 0.3 is 0 Å². The number of anilines is 1. The normalized spacial score (nSPS) is 11.4. The van der Waals surface area contributed by atoms with Gasteiger partial charge in [-0.05, 0) is 30.7 Å². The van der Waals surface area contributed by atoms with Crippen molar-refractivity contribution in [2.45, 2.75) is 19.8 Å². The van der Waals surface area contributed by atoms with Crippen LogP contribution < -0.4 is 4.72 Å². The molecular weight excluding hydrogens is 338 g/mol. The Morgan fingerprint density at radius 2 is 2.00 bits per heavy atom. The molecule has 0 unspecified atom stereocenters. The Kier molecular flexibility index (Phi) is 4.80. The van der Waals surface area contributed by atoms with Crippen molar-refractivity contribution in [2.24, 2.45) is 0 Å². The third kappa shape index (κ3) is 4.42. The molecule has 3 heterocycles. The van der Waals surface area contributed by atoms with Crippen LogP contribution >= 0.6 is 0 Å². The molecule has 0 bridgehead atoms. The van der Waals surface area contributed by atoms with E-state index in [-0.39, 0.29) is 0 Å². The lowest BCUT2D eigenvalue weighted by Gasteiger charge is -2.04. The summed E-state index contributed by atoms with van der Waals surface area (Å²) in [6.45, 7) is 2.12. The molecule has 0 saturated carbocycles. The van der Waals surface area contributed by atoms with E-state index in [0.29, 0.717) is 11.4 Å².